The van der Waals surface area contributed by atoms with Crippen LogP contribution in [0.3, 0.4) is 0 Å². The molecule has 0 unspecified atom stereocenters. The molecule has 0 aliphatic heterocycles. The Hall–Kier alpha value is -0.910. The van der Waals surface area contributed by atoms with Gasteiger partial charge in [-0.15, -0.1) is 0 Å². The first kappa shape index (κ1) is 14.5. The van der Waals surface area contributed by atoms with E-state index >= 15 is 0 Å². The Morgan fingerprint density at radius 2 is 1.89 bits per heavy atom. The lowest BCUT2D eigenvalue weighted by molar-refractivity contribution is 0.297. The van der Waals surface area contributed by atoms with Crippen molar-refractivity contribution in [3.63, 3.8) is 0 Å². The second-order valence-corrected chi connectivity index (χ2v) is 6.93. The molecule has 0 spiro atoms. The maximum atomic E-state index is 12.1. The molecule has 106 valence electrons. The lowest BCUT2D eigenvalue weighted by Gasteiger charge is -2.25. The van der Waals surface area contributed by atoms with E-state index in [4.69, 9.17) is 5.73 Å². The van der Waals surface area contributed by atoms with Crippen molar-refractivity contribution in [3.8, 4) is 0 Å². The Bertz CT molecular complexity index is 493. The second-order valence-electron chi connectivity index (χ2n) is 5.17. The molecule has 0 radical (unpaired) electrons. The summed E-state index contributed by atoms with van der Waals surface area (Å²) in [6, 6.07) is 6.95. The molecule has 5 heteroatoms. The van der Waals surface area contributed by atoms with Crippen molar-refractivity contribution in [2.45, 2.75) is 37.0 Å². The SMILES string of the molecule is NCCc1ccc(S(=O)(=O)NCCC2CCC2)cc1. The largest absolute Gasteiger partial charge is 0.330 e. The molecule has 2 rings (SSSR count). The predicted molar refractivity (Wildman–Crippen MR) is 76.3 cm³/mol. The van der Waals surface area contributed by atoms with Crippen molar-refractivity contribution < 1.29 is 8.42 Å². The van der Waals surface area contributed by atoms with Crippen LogP contribution in [0.4, 0.5) is 0 Å². The highest BCUT2D eigenvalue weighted by molar-refractivity contribution is 7.89. The Balaban J connectivity index is 1.90. The van der Waals surface area contributed by atoms with Crippen molar-refractivity contribution in [2.24, 2.45) is 11.7 Å². The number of hydrogen-bond acceptors (Lipinski definition) is 3. The fourth-order valence-electron chi connectivity index (χ4n) is 2.26. The van der Waals surface area contributed by atoms with Gasteiger partial charge in [0, 0.05) is 6.54 Å². The molecule has 1 aliphatic rings. The highest BCUT2D eigenvalue weighted by Crippen LogP contribution is 2.28. The summed E-state index contributed by atoms with van der Waals surface area (Å²) in [4.78, 5) is 0.335. The van der Waals surface area contributed by atoms with E-state index in [2.05, 4.69) is 4.72 Å². The maximum Gasteiger partial charge on any atom is 0.240 e. The smallest absolute Gasteiger partial charge is 0.240 e. The molecule has 1 fully saturated rings. The van der Waals surface area contributed by atoms with Crippen molar-refractivity contribution >= 4 is 10.0 Å². The summed E-state index contributed by atoms with van der Waals surface area (Å²) in [6.45, 7) is 1.11. The molecule has 0 saturated heterocycles. The molecule has 1 aromatic rings. The number of nitrogens with one attached hydrogen (secondary N) is 1. The van der Waals surface area contributed by atoms with Crippen LogP contribution in [-0.2, 0) is 16.4 Å². The fourth-order valence-corrected chi connectivity index (χ4v) is 3.31. The number of sulfonamides is 1. The lowest BCUT2D eigenvalue weighted by Crippen LogP contribution is -2.27. The molecule has 19 heavy (non-hydrogen) atoms. The summed E-state index contributed by atoms with van der Waals surface area (Å²) in [6.07, 6.45) is 5.50. The minimum atomic E-state index is -3.35. The van der Waals surface area contributed by atoms with Gasteiger partial charge in [0.1, 0.15) is 0 Å². The topological polar surface area (TPSA) is 72.2 Å². The predicted octanol–water partition coefficient (Wildman–Crippen LogP) is 1.66. The van der Waals surface area contributed by atoms with E-state index in [0.29, 0.717) is 18.0 Å². The maximum absolute atomic E-state index is 12.1. The van der Waals surface area contributed by atoms with Crippen LogP contribution >= 0.6 is 0 Å². The highest BCUT2D eigenvalue weighted by atomic mass is 32.2. The molecular weight excluding hydrogens is 260 g/mol. The summed E-state index contributed by atoms with van der Waals surface area (Å²) >= 11 is 0. The number of benzene rings is 1. The molecule has 1 aromatic carbocycles. The molecule has 3 N–H and O–H groups in total. The van der Waals surface area contributed by atoms with Crippen LogP contribution in [0.15, 0.2) is 29.2 Å². The van der Waals surface area contributed by atoms with E-state index in [1.165, 1.54) is 19.3 Å². The zero-order valence-electron chi connectivity index (χ0n) is 11.1. The van der Waals surface area contributed by atoms with Crippen molar-refractivity contribution in [1.29, 1.82) is 0 Å². The summed E-state index contributed by atoms with van der Waals surface area (Å²) in [7, 11) is -3.35. The van der Waals surface area contributed by atoms with Gasteiger partial charge in [0.05, 0.1) is 4.90 Å². The summed E-state index contributed by atoms with van der Waals surface area (Å²) in [5.74, 6) is 0.717. The number of hydrogen-bond donors (Lipinski definition) is 2. The molecule has 0 bridgehead atoms. The first-order valence-corrected chi connectivity index (χ1v) is 8.39. The average molecular weight is 282 g/mol. The monoisotopic (exact) mass is 282 g/mol. The van der Waals surface area contributed by atoms with Gasteiger partial charge < -0.3 is 5.73 Å². The molecule has 1 aliphatic carbocycles. The summed E-state index contributed by atoms with van der Waals surface area (Å²) in [5.41, 5.74) is 6.53. The molecule has 0 aromatic heterocycles. The standard InChI is InChI=1S/C14H22N2O2S/c15-10-8-13-4-6-14(7-5-13)19(17,18)16-11-9-12-2-1-3-12/h4-7,12,16H,1-3,8-11,15H2. The first-order valence-electron chi connectivity index (χ1n) is 6.90. The van der Waals surface area contributed by atoms with Crippen molar-refractivity contribution in [2.75, 3.05) is 13.1 Å². The summed E-state index contributed by atoms with van der Waals surface area (Å²) in [5, 5.41) is 0. The van der Waals surface area contributed by atoms with E-state index in [9.17, 15) is 8.42 Å². The normalized spacial score (nSPS) is 16.3. The minimum absolute atomic E-state index is 0.335. The Morgan fingerprint density at radius 3 is 2.42 bits per heavy atom. The molecular formula is C14H22N2O2S. The second kappa shape index (κ2) is 6.50. The van der Waals surface area contributed by atoms with Gasteiger partial charge >= 0.3 is 0 Å². The van der Waals surface area contributed by atoms with Crippen molar-refractivity contribution in [1.82, 2.24) is 4.72 Å². The van der Waals surface area contributed by atoms with Crippen LogP contribution < -0.4 is 10.5 Å². The van der Waals surface area contributed by atoms with Crippen LogP contribution in [-0.4, -0.2) is 21.5 Å². The lowest BCUT2D eigenvalue weighted by atomic mass is 9.83. The Morgan fingerprint density at radius 1 is 1.21 bits per heavy atom. The van der Waals surface area contributed by atoms with Gasteiger partial charge in [-0.1, -0.05) is 31.4 Å². The van der Waals surface area contributed by atoms with Gasteiger partial charge in [0.2, 0.25) is 10.0 Å². The van der Waals surface area contributed by atoms with Crippen LogP contribution in [0.2, 0.25) is 0 Å². The fraction of sp³-hybridized carbons (Fsp3) is 0.571. The van der Waals surface area contributed by atoms with E-state index in [1.807, 2.05) is 12.1 Å². The van der Waals surface area contributed by atoms with Crippen LogP contribution in [0.25, 0.3) is 0 Å². The number of nitrogens with two attached hydrogens (primary N) is 1. The van der Waals surface area contributed by atoms with Gasteiger partial charge in [-0.05, 0) is 43.0 Å². The van der Waals surface area contributed by atoms with E-state index < -0.39 is 10.0 Å². The van der Waals surface area contributed by atoms with Crippen LogP contribution in [0, 0.1) is 5.92 Å². The van der Waals surface area contributed by atoms with Gasteiger partial charge in [0.15, 0.2) is 0 Å². The molecule has 1 saturated carbocycles. The van der Waals surface area contributed by atoms with Gasteiger partial charge in [-0.3, -0.25) is 0 Å². The third kappa shape index (κ3) is 4.03. The van der Waals surface area contributed by atoms with Crippen LogP contribution in [0.5, 0.6) is 0 Å². The van der Waals surface area contributed by atoms with E-state index in [1.54, 1.807) is 12.1 Å². The van der Waals surface area contributed by atoms with Gasteiger partial charge in [-0.25, -0.2) is 13.1 Å². The van der Waals surface area contributed by atoms with Gasteiger partial charge in [-0.2, -0.15) is 0 Å². The van der Waals surface area contributed by atoms with Crippen LogP contribution in [0.1, 0.15) is 31.2 Å². The highest BCUT2D eigenvalue weighted by Gasteiger charge is 2.19. The average Bonchev–Trinajstić information content (AvgIpc) is 2.33. The number of rotatable bonds is 7. The molecule has 0 atom stereocenters. The Labute approximate surface area is 115 Å². The zero-order chi connectivity index (χ0) is 13.7. The first-order chi connectivity index (χ1) is 9.12. The molecule has 4 nitrogen and oxygen atoms in total. The third-order valence-corrected chi connectivity index (χ3v) is 5.21. The van der Waals surface area contributed by atoms with Crippen molar-refractivity contribution in [3.05, 3.63) is 29.8 Å². The minimum Gasteiger partial charge on any atom is -0.330 e. The Kier molecular flexibility index (Phi) is 4.96. The van der Waals surface area contributed by atoms with E-state index in [-0.39, 0.29) is 0 Å². The zero-order valence-corrected chi connectivity index (χ0v) is 12.0. The third-order valence-electron chi connectivity index (χ3n) is 3.74. The molecule has 0 amide bonds. The van der Waals surface area contributed by atoms with Gasteiger partial charge in [0.25, 0.3) is 0 Å². The summed E-state index contributed by atoms with van der Waals surface area (Å²) < 4.78 is 26.8. The quantitative estimate of drug-likeness (QED) is 0.799. The molecule has 0 heterocycles. The van der Waals surface area contributed by atoms with E-state index in [0.717, 1.165) is 24.3 Å².